The predicted octanol–water partition coefficient (Wildman–Crippen LogP) is 3.33. The van der Waals surface area contributed by atoms with Crippen LogP contribution >= 0.6 is 0 Å². The Morgan fingerprint density at radius 3 is 2.69 bits per heavy atom. The van der Waals surface area contributed by atoms with Crippen LogP contribution in [0.3, 0.4) is 0 Å². The van der Waals surface area contributed by atoms with E-state index in [1.165, 1.54) is 5.56 Å². The lowest BCUT2D eigenvalue weighted by Gasteiger charge is -2.47. The molecule has 132 valence electrons. The molecule has 1 fully saturated rings. The van der Waals surface area contributed by atoms with Gasteiger partial charge >= 0.3 is 0 Å². The average molecular weight is 349 g/mol. The van der Waals surface area contributed by atoms with Crippen LogP contribution in [0.5, 0.6) is 5.88 Å². The van der Waals surface area contributed by atoms with E-state index in [9.17, 15) is 5.11 Å². The summed E-state index contributed by atoms with van der Waals surface area (Å²) in [7, 11) is 0. The van der Waals surface area contributed by atoms with Gasteiger partial charge in [-0.15, -0.1) is 0 Å². The molecule has 0 amide bonds. The van der Waals surface area contributed by atoms with Crippen molar-refractivity contribution in [2.75, 3.05) is 0 Å². The number of ether oxygens (including phenoxy) is 1. The van der Waals surface area contributed by atoms with Crippen LogP contribution in [0, 0.1) is 6.92 Å². The summed E-state index contributed by atoms with van der Waals surface area (Å²) in [5.41, 5.74) is 3.27. The molecule has 1 aliphatic heterocycles. The molecule has 1 aromatic carbocycles. The smallest absolute Gasteiger partial charge is 0.259 e. The molecule has 3 heterocycles. The van der Waals surface area contributed by atoms with Crippen molar-refractivity contribution < 1.29 is 14.4 Å². The summed E-state index contributed by atoms with van der Waals surface area (Å²) in [6.45, 7) is 2.04. The normalized spacial score (nSPS) is 20.3. The van der Waals surface area contributed by atoms with Gasteiger partial charge in [0, 0.05) is 23.7 Å². The Kier molecular flexibility index (Phi) is 3.37. The van der Waals surface area contributed by atoms with Crippen LogP contribution in [-0.2, 0) is 6.42 Å². The Morgan fingerprint density at radius 2 is 1.96 bits per heavy atom. The maximum Gasteiger partial charge on any atom is 0.259 e. The quantitative estimate of drug-likeness (QED) is 0.764. The fourth-order valence-electron chi connectivity index (χ4n) is 3.63. The van der Waals surface area contributed by atoms with Crippen molar-refractivity contribution in [1.29, 1.82) is 0 Å². The molecule has 5 rings (SSSR count). The Labute approximate surface area is 150 Å². The number of fused-ring (bicyclic) bond motifs is 1. The second-order valence-corrected chi connectivity index (χ2v) is 7.22. The van der Waals surface area contributed by atoms with E-state index < -0.39 is 11.7 Å². The molecule has 1 saturated carbocycles. The van der Waals surface area contributed by atoms with Crippen LogP contribution in [0.1, 0.15) is 30.4 Å². The van der Waals surface area contributed by atoms with Gasteiger partial charge < -0.3 is 14.4 Å². The molecule has 1 aliphatic carbocycles. The summed E-state index contributed by atoms with van der Waals surface area (Å²) in [6.07, 6.45) is 4.60. The standard InChI is InChI=1S/C20H19N3O3/c1-12-3-5-13(6-4-12)17-22-19(26-23-17)15-9-14-10-16(24)20(7-2-8-20)25-18(14)21-11-15/h3-6,9,11,16,24H,2,7-8,10H2,1H3/t16-/m1/s1. The van der Waals surface area contributed by atoms with Crippen molar-refractivity contribution in [3.05, 3.63) is 47.7 Å². The summed E-state index contributed by atoms with van der Waals surface area (Å²) >= 11 is 0. The van der Waals surface area contributed by atoms with Gasteiger partial charge in [0.2, 0.25) is 11.7 Å². The number of aryl methyl sites for hydroxylation is 1. The summed E-state index contributed by atoms with van der Waals surface area (Å²) in [5, 5.41) is 14.5. The maximum atomic E-state index is 10.5. The van der Waals surface area contributed by atoms with E-state index in [4.69, 9.17) is 9.26 Å². The van der Waals surface area contributed by atoms with Crippen LogP contribution in [-0.4, -0.2) is 31.9 Å². The molecule has 0 bridgehead atoms. The predicted molar refractivity (Wildman–Crippen MR) is 94.6 cm³/mol. The van der Waals surface area contributed by atoms with E-state index in [1.54, 1.807) is 6.20 Å². The number of hydrogen-bond acceptors (Lipinski definition) is 6. The number of hydrogen-bond donors (Lipinski definition) is 1. The van der Waals surface area contributed by atoms with Gasteiger partial charge in [-0.1, -0.05) is 35.0 Å². The summed E-state index contributed by atoms with van der Waals surface area (Å²) in [6, 6.07) is 9.89. The lowest BCUT2D eigenvalue weighted by molar-refractivity contribution is -0.118. The van der Waals surface area contributed by atoms with E-state index in [2.05, 4.69) is 15.1 Å². The number of benzene rings is 1. The highest BCUT2D eigenvalue weighted by Crippen LogP contribution is 2.44. The Bertz CT molecular complexity index is 961. The molecular weight excluding hydrogens is 330 g/mol. The van der Waals surface area contributed by atoms with Gasteiger partial charge in [0.05, 0.1) is 11.7 Å². The van der Waals surface area contributed by atoms with Crippen LogP contribution in [0.4, 0.5) is 0 Å². The van der Waals surface area contributed by atoms with Crippen LogP contribution in [0.15, 0.2) is 41.1 Å². The third-order valence-corrected chi connectivity index (χ3v) is 5.43. The number of aromatic nitrogens is 3. The minimum absolute atomic E-state index is 0.411. The first-order valence-electron chi connectivity index (χ1n) is 8.90. The Balaban J connectivity index is 1.45. The van der Waals surface area contributed by atoms with Crippen molar-refractivity contribution in [2.24, 2.45) is 0 Å². The Morgan fingerprint density at radius 1 is 1.15 bits per heavy atom. The van der Waals surface area contributed by atoms with Gasteiger partial charge in [-0.2, -0.15) is 4.98 Å². The number of aliphatic hydroxyl groups is 1. The molecule has 0 unspecified atom stereocenters. The minimum atomic E-state index is -0.494. The van der Waals surface area contributed by atoms with Crippen molar-refractivity contribution in [3.63, 3.8) is 0 Å². The van der Waals surface area contributed by atoms with Gasteiger partial charge in [0.15, 0.2) is 0 Å². The molecular formula is C20H19N3O3. The molecule has 26 heavy (non-hydrogen) atoms. The molecule has 6 heteroatoms. The zero-order chi connectivity index (χ0) is 17.7. The molecule has 1 spiro atoms. The molecule has 0 saturated heterocycles. The second-order valence-electron chi connectivity index (χ2n) is 7.22. The van der Waals surface area contributed by atoms with Gasteiger partial charge in [0.25, 0.3) is 5.89 Å². The van der Waals surface area contributed by atoms with Gasteiger partial charge in [0.1, 0.15) is 5.60 Å². The zero-order valence-electron chi connectivity index (χ0n) is 14.5. The first-order valence-corrected chi connectivity index (χ1v) is 8.90. The highest BCUT2D eigenvalue weighted by atomic mass is 16.5. The van der Waals surface area contributed by atoms with E-state index in [-0.39, 0.29) is 0 Å². The molecule has 0 radical (unpaired) electrons. The van der Waals surface area contributed by atoms with E-state index in [0.29, 0.717) is 24.0 Å². The lowest BCUT2D eigenvalue weighted by atomic mass is 9.73. The van der Waals surface area contributed by atoms with Crippen LogP contribution < -0.4 is 4.74 Å². The summed E-state index contributed by atoms with van der Waals surface area (Å²) in [5.74, 6) is 1.56. The number of nitrogens with zero attached hydrogens (tertiary/aromatic N) is 3. The number of pyridine rings is 1. The third kappa shape index (κ3) is 2.41. The van der Waals surface area contributed by atoms with Crippen molar-refractivity contribution in [2.45, 2.75) is 44.3 Å². The largest absolute Gasteiger partial charge is 0.468 e. The monoisotopic (exact) mass is 349 g/mol. The molecule has 2 aliphatic rings. The van der Waals surface area contributed by atoms with Gasteiger partial charge in [-0.05, 0) is 32.3 Å². The van der Waals surface area contributed by atoms with E-state index >= 15 is 0 Å². The first-order chi connectivity index (χ1) is 12.6. The van der Waals surface area contributed by atoms with E-state index in [0.717, 1.165) is 36.0 Å². The van der Waals surface area contributed by atoms with Gasteiger partial charge in [-0.25, -0.2) is 4.98 Å². The van der Waals surface area contributed by atoms with Crippen molar-refractivity contribution in [3.8, 4) is 28.7 Å². The van der Waals surface area contributed by atoms with Crippen molar-refractivity contribution >= 4 is 0 Å². The highest BCUT2D eigenvalue weighted by Gasteiger charge is 2.49. The lowest BCUT2D eigenvalue weighted by Crippen LogP contribution is -2.56. The third-order valence-electron chi connectivity index (χ3n) is 5.43. The zero-order valence-corrected chi connectivity index (χ0v) is 14.5. The fraction of sp³-hybridized carbons (Fsp3) is 0.350. The SMILES string of the molecule is Cc1ccc(-c2noc(-c3cnc4c(c3)C[C@@H](O)C3(CCC3)O4)n2)cc1. The number of aliphatic hydroxyl groups excluding tert-OH is 1. The van der Waals surface area contributed by atoms with Crippen LogP contribution in [0.25, 0.3) is 22.8 Å². The first kappa shape index (κ1) is 15.5. The molecule has 6 nitrogen and oxygen atoms in total. The highest BCUT2D eigenvalue weighted by molar-refractivity contribution is 5.60. The van der Waals surface area contributed by atoms with Crippen molar-refractivity contribution in [1.82, 2.24) is 15.1 Å². The van der Waals surface area contributed by atoms with Gasteiger partial charge in [-0.3, -0.25) is 0 Å². The maximum absolute atomic E-state index is 10.5. The Hall–Kier alpha value is -2.73. The molecule has 2 aromatic heterocycles. The summed E-state index contributed by atoms with van der Waals surface area (Å²) < 4.78 is 11.4. The molecule has 3 aromatic rings. The fourth-order valence-corrected chi connectivity index (χ4v) is 3.63. The van der Waals surface area contributed by atoms with Crippen LogP contribution in [0.2, 0.25) is 0 Å². The molecule has 1 N–H and O–H groups in total. The average Bonchev–Trinajstić information content (AvgIpc) is 3.10. The van der Waals surface area contributed by atoms with E-state index in [1.807, 2.05) is 37.3 Å². The summed E-state index contributed by atoms with van der Waals surface area (Å²) in [4.78, 5) is 8.92. The minimum Gasteiger partial charge on any atom is -0.468 e. The second kappa shape index (κ2) is 5.64. The topological polar surface area (TPSA) is 81.3 Å². The number of rotatable bonds is 2. The molecule has 1 atom stereocenters.